The number of rotatable bonds is 3. The molecule has 7 nitrogen and oxygen atoms in total. The van der Waals surface area contributed by atoms with E-state index in [-0.39, 0.29) is 24.5 Å². The Bertz CT molecular complexity index is 1320. The summed E-state index contributed by atoms with van der Waals surface area (Å²) in [5.41, 5.74) is 3.48. The van der Waals surface area contributed by atoms with Gasteiger partial charge in [-0.25, -0.2) is 9.78 Å². The van der Waals surface area contributed by atoms with Gasteiger partial charge in [0.15, 0.2) is 0 Å². The van der Waals surface area contributed by atoms with Gasteiger partial charge in [-0.15, -0.1) is 0 Å². The van der Waals surface area contributed by atoms with Crippen LogP contribution in [0.5, 0.6) is 0 Å². The van der Waals surface area contributed by atoms with E-state index in [1.54, 1.807) is 35.0 Å². The number of esters is 1. The summed E-state index contributed by atoms with van der Waals surface area (Å²) in [4.78, 5) is 30.2. The van der Waals surface area contributed by atoms with E-state index in [0.29, 0.717) is 29.1 Å². The first-order valence-electron chi connectivity index (χ1n) is 11.8. The highest BCUT2D eigenvalue weighted by Gasteiger charge is 2.29. The number of benzene rings is 1. The van der Waals surface area contributed by atoms with Crippen LogP contribution in [0.1, 0.15) is 62.4 Å². The van der Waals surface area contributed by atoms with Crippen molar-refractivity contribution >= 4 is 34.5 Å². The first kappa shape index (κ1) is 24.7. The summed E-state index contributed by atoms with van der Waals surface area (Å²) < 4.78 is 7.32. The second kappa shape index (κ2) is 10.1. The Labute approximate surface area is 210 Å². The van der Waals surface area contributed by atoms with Crippen molar-refractivity contribution in [1.82, 2.24) is 14.9 Å². The molecule has 182 valence electrons. The number of carbonyl (C=O) groups excluding carboxylic acids is 2. The van der Waals surface area contributed by atoms with Crippen molar-refractivity contribution in [1.29, 1.82) is 5.26 Å². The zero-order chi connectivity index (χ0) is 25.2. The molecule has 1 N–H and O–H groups in total. The van der Waals surface area contributed by atoms with Gasteiger partial charge in [-0.1, -0.05) is 17.7 Å². The largest absolute Gasteiger partial charge is 0.460 e. The summed E-state index contributed by atoms with van der Waals surface area (Å²) in [6, 6.07) is 10.9. The van der Waals surface area contributed by atoms with Crippen molar-refractivity contribution in [3.63, 3.8) is 0 Å². The van der Waals surface area contributed by atoms with E-state index in [4.69, 9.17) is 16.3 Å². The normalized spacial score (nSPS) is 16.0. The van der Waals surface area contributed by atoms with E-state index >= 15 is 0 Å². The van der Waals surface area contributed by atoms with E-state index < -0.39 is 5.60 Å². The van der Waals surface area contributed by atoms with Crippen LogP contribution in [-0.4, -0.2) is 27.2 Å². The Hall–Kier alpha value is -3.37. The number of carbonyl (C=O) groups is 2. The number of aryl methyl sites for hydroxylation is 1. The molecule has 0 spiro atoms. The topological polar surface area (TPSA) is 97.0 Å². The highest BCUT2D eigenvalue weighted by atomic mass is 35.5. The molecule has 0 bridgehead atoms. The van der Waals surface area contributed by atoms with Crippen molar-refractivity contribution in [3.8, 4) is 6.07 Å². The second-order valence-electron chi connectivity index (χ2n) is 9.91. The Balaban J connectivity index is 1.68. The molecule has 1 amide bonds. The molecule has 35 heavy (non-hydrogen) atoms. The molecule has 0 radical (unpaired) electrons. The van der Waals surface area contributed by atoms with E-state index in [9.17, 15) is 14.9 Å². The van der Waals surface area contributed by atoms with Gasteiger partial charge in [0.25, 0.3) is 0 Å². The number of hydrogen-bond acceptors (Lipinski definition) is 5. The predicted molar refractivity (Wildman–Crippen MR) is 134 cm³/mol. The third-order valence-corrected chi connectivity index (χ3v) is 6.40. The number of nitriles is 1. The molecule has 1 aliphatic rings. The van der Waals surface area contributed by atoms with Gasteiger partial charge in [-0.3, -0.25) is 9.36 Å². The number of fused-ring (bicyclic) bond motifs is 3. The molecule has 0 saturated heterocycles. The summed E-state index contributed by atoms with van der Waals surface area (Å²) >= 11 is 5.98. The molecular formula is C27H29ClN4O3. The van der Waals surface area contributed by atoms with Gasteiger partial charge in [-0.05, 0) is 88.3 Å². The molecule has 1 atom stereocenters. The number of aromatic nitrogens is 2. The zero-order valence-electron chi connectivity index (χ0n) is 20.2. The Morgan fingerprint density at radius 3 is 2.74 bits per heavy atom. The van der Waals surface area contributed by atoms with Gasteiger partial charge < -0.3 is 10.1 Å². The van der Waals surface area contributed by atoms with Crippen molar-refractivity contribution in [3.05, 3.63) is 64.1 Å². The SMILES string of the molecule is CC(C)(C)OC(=O)C1CCCc2c(n(C(=O)NCc3ccnc(Cl)c3)c3cc(C#N)ccc23)CC1. The van der Waals surface area contributed by atoms with Crippen LogP contribution in [-0.2, 0) is 28.9 Å². The summed E-state index contributed by atoms with van der Waals surface area (Å²) in [5.74, 6) is -0.403. The maximum atomic E-state index is 13.5. The summed E-state index contributed by atoms with van der Waals surface area (Å²) in [6.07, 6.45) is 5.05. The van der Waals surface area contributed by atoms with E-state index in [1.807, 2.05) is 26.8 Å². The Kier molecular flexibility index (Phi) is 7.13. The lowest BCUT2D eigenvalue weighted by Gasteiger charge is -2.25. The molecule has 1 unspecified atom stereocenters. The number of amides is 1. The quantitative estimate of drug-likeness (QED) is 0.382. The first-order chi connectivity index (χ1) is 16.7. The molecule has 2 aromatic heterocycles. The molecule has 4 rings (SSSR count). The van der Waals surface area contributed by atoms with Gasteiger partial charge in [-0.2, -0.15) is 5.26 Å². The minimum Gasteiger partial charge on any atom is -0.460 e. The standard InChI is InChI=1S/C27H29ClN4O3/c1-27(2,3)35-25(33)19-5-4-6-20-21-9-7-17(15-29)13-23(21)32(22(20)10-8-19)26(34)31-16-18-11-12-30-24(28)14-18/h7,9,11-14,19H,4-6,8,10,16H2,1-3H3,(H,31,34). The minimum atomic E-state index is -0.539. The van der Waals surface area contributed by atoms with Gasteiger partial charge in [0.05, 0.1) is 23.1 Å². The lowest BCUT2D eigenvalue weighted by Crippen LogP contribution is -2.31. The Morgan fingerprint density at radius 2 is 2.03 bits per heavy atom. The van der Waals surface area contributed by atoms with E-state index in [1.165, 1.54) is 0 Å². The highest BCUT2D eigenvalue weighted by molar-refractivity contribution is 6.29. The van der Waals surface area contributed by atoms with Crippen molar-refractivity contribution in [2.45, 2.75) is 65.0 Å². The highest BCUT2D eigenvalue weighted by Crippen LogP contribution is 2.33. The van der Waals surface area contributed by atoms with Crippen LogP contribution < -0.4 is 5.32 Å². The van der Waals surface area contributed by atoms with Gasteiger partial charge in [0.2, 0.25) is 0 Å². The van der Waals surface area contributed by atoms with E-state index in [0.717, 1.165) is 41.5 Å². The van der Waals surface area contributed by atoms with Crippen LogP contribution >= 0.6 is 11.6 Å². The fourth-order valence-electron chi connectivity index (χ4n) is 4.66. The molecular weight excluding hydrogens is 464 g/mol. The molecule has 0 fully saturated rings. The molecule has 3 aromatic rings. The van der Waals surface area contributed by atoms with Crippen LogP contribution in [0, 0.1) is 17.2 Å². The average Bonchev–Trinajstić information content (AvgIpc) is 3.08. The molecule has 2 heterocycles. The average molecular weight is 493 g/mol. The number of halogens is 1. The van der Waals surface area contributed by atoms with Crippen molar-refractivity contribution in [2.75, 3.05) is 0 Å². The van der Waals surface area contributed by atoms with Crippen LogP contribution in [0.2, 0.25) is 5.15 Å². The van der Waals surface area contributed by atoms with E-state index in [2.05, 4.69) is 16.4 Å². The van der Waals surface area contributed by atoms with Crippen LogP contribution in [0.4, 0.5) is 4.79 Å². The van der Waals surface area contributed by atoms with Crippen molar-refractivity contribution in [2.24, 2.45) is 5.92 Å². The lowest BCUT2D eigenvalue weighted by molar-refractivity contribution is -0.160. The third-order valence-electron chi connectivity index (χ3n) is 6.20. The van der Waals surface area contributed by atoms with Gasteiger partial charge >= 0.3 is 12.0 Å². The number of hydrogen-bond donors (Lipinski definition) is 1. The zero-order valence-corrected chi connectivity index (χ0v) is 21.0. The van der Waals surface area contributed by atoms with Crippen molar-refractivity contribution < 1.29 is 14.3 Å². The molecule has 0 saturated carbocycles. The number of ether oxygens (including phenoxy) is 1. The van der Waals surface area contributed by atoms with Crippen LogP contribution in [0.25, 0.3) is 10.9 Å². The number of pyridine rings is 1. The minimum absolute atomic E-state index is 0.186. The van der Waals surface area contributed by atoms with Crippen LogP contribution in [0.3, 0.4) is 0 Å². The summed E-state index contributed by atoms with van der Waals surface area (Å²) in [7, 11) is 0. The number of nitrogens with one attached hydrogen (secondary N) is 1. The summed E-state index contributed by atoms with van der Waals surface area (Å²) in [5, 5.41) is 13.8. The van der Waals surface area contributed by atoms with Crippen LogP contribution in [0.15, 0.2) is 36.5 Å². The lowest BCUT2D eigenvalue weighted by atomic mass is 9.89. The Morgan fingerprint density at radius 1 is 1.23 bits per heavy atom. The number of nitrogens with zero attached hydrogens (tertiary/aromatic N) is 3. The molecule has 1 aliphatic carbocycles. The first-order valence-corrected chi connectivity index (χ1v) is 12.2. The molecule has 1 aromatic carbocycles. The second-order valence-corrected chi connectivity index (χ2v) is 10.3. The monoisotopic (exact) mass is 492 g/mol. The summed E-state index contributed by atoms with van der Waals surface area (Å²) in [6.45, 7) is 5.90. The maximum absolute atomic E-state index is 13.5. The van der Waals surface area contributed by atoms with Gasteiger partial charge in [0.1, 0.15) is 10.8 Å². The van der Waals surface area contributed by atoms with Gasteiger partial charge in [0, 0.05) is 23.8 Å². The molecule has 0 aliphatic heterocycles. The maximum Gasteiger partial charge on any atom is 0.326 e. The fraction of sp³-hybridized carbons (Fsp3) is 0.407. The molecule has 8 heteroatoms. The predicted octanol–water partition coefficient (Wildman–Crippen LogP) is 5.55. The third kappa shape index (κ3) is 5.66. The fourth-order valence-corrected chi connectivity index (χ4v) is 4.86. The smallest absolute Gasteiger partial charge is 0.326 e.